The van der Waals surface area contributed by atoms with E-state index in [-0.39, 0.29) is 29.5 Å². The molecule has 0 spiro atoms. The normalized spacial score (nSPS) is 7.19. The Kier molecular flexibility index (Phi) is 31.8. The van der Waals surface area contributed by atoms with Crippen molar-refractivity contribution in [2.75, 3.05) is 0 Å². The minimum absolute atomic E-state index is 0. The third-order valence-electron chi connectivity index (χ3n) is 1.40. The number of benzene rings is 1. The number of hydrogen-bond donors (Lipinski definition) is 0. The molecule has 0 nitrogen and oxygen atoms in total. The summed E-state index contributed by atoms with van der Waals surface area (Å²) in [6, 6.07) is 11.1. The van der Waals surface area contributed by atoms with Gasteiger partial charge in [-0.3, -0.25) is 0 Å². The molecular formula is C14H24BW. The van der Waals surface area contributed by atoms with E-state index in [4.69, 9.17) is 0 Å². The van der Waals surface area contributed by atoms with Crippen LogP contribution in [0.2, 0.25) is 0 Å². The molecule has 0 aliphatic heterocycles. The molecule has 0 saturated carbocycles. The summed E-state index contributed by atoms with van der Waals surface area (Å²) < 4.78 is 0. The van der Waals surface area contributed by atoms with Crippen molar-refractivity contribution >= 4 is 8.41 Å². The first-order chi connectivity index (χ1) is 6.72. The first-order valence-electron chi connectivity index (χ1n) is 5.42. The van der Waals surface area contributed by atoms with Crippen molar-refractivity contribution in [1.29, 1.82) is 0 Å². The van der Waals surface area contributed by atoms with Gasteiger partial charge in [0.1, 0.15) is 0 Å². The Morgan fingerprint density at radius 1 is 1.19 bits per heavy atom. The third kappa shape index (κ3) is 16.4. The Labute approximate surface area is 119 Å². The smallest absolute Gasteiger partial charge is 0.335 e. The molecule has 2 heteroatoms. The molecule has 1 aromatic carbocycles. The molecule has 1 rings (SSSR count). The molecule has 0 heterocycles. The second-order valence-electron chi connectivity index (χ2n) is 3.07. The second-order valence-corrected chi connectivity index (χ2v) is 3.07. The Morgan fingerprint density at radius 2 is 1.62 bits per heavy atom. The largest absolute Gasteiger partial charge is 2.00 e. The van der Waals surface area contributed by atoms with Crippen molar-refractivity contribution < 1.29 is 21.1 Å². The minimum Gasteiger partial charge on any atom is -0.335 e. The molecule has 1 aromatic rings. The molecule has 3 radical (unpaired) electrons. The molecule has 0 amide bonds. The maximum atomic E-state index is 3.04. The summed E-state index contributed by atoms with van der Waals surface area (Å²) in [6.45, 7) is 12.4. The Balaban J connectivity index is -0.0000000907. The summed E-state index contributed by atoms with van der Waals surface area (Å²) in [5.41, 5.74) is 1.36. The quantitative estimate of drug-likeness (QED) is 0.493. The summed E-state index contributed by atoms with van der Waals surface area (Å²) in [5.74, 6) is 0.627. The van der Waals surface area contributed by atoms with E-state index in [0.717, 1.165) is 0 Å². The second kappa shape index (κ2) is 20.4. The maximum Gasteiger partial charge on any atom is 2.00 e. The van der Waals surface area contributed by atoms with E-state index in [0.29, 0.717) is 5.92 Å². The molecule has 0 aliphatic rings. The molecule has 0 aromatic heterocycles. The fraction of sp³-hybridized carbons (Fsp3) is 0.500. The average Bonchev–Trinajstić information content (AvgIpc) is 2.23. The summed E-state index contributed by atoms with van der Waals surface area (Å²) in [7, 11) is 0. The fourth-order valence-electron chi connectivity index (χ4n) is 0.766. The predicted molar refractivity (Wildman–Crippen MR) is 72.1 cm³/mol. The van der Waals surface area contributed by atoms with Gasteiger partial charge in [-0.05, 0) is 0 Å². The van der Waals surface area contributed by atoms with Gasteiger partial charge in [-0.15, -0.1) is 0 Å². The van der Waals surface area contributed by atoms with Crippen molar-refractivity contribution in [3.63, 3.8) is 0 Å². The number of hydrogen-bond acceptors (Lipinski definition) is 0. The van der Waals surface area contributed by atoms with Crippen molar-refractivity contribution in [2.45, 2.75) is 47.5 Å². The van der Waals surface area contributed by atoms with E-state index in [1.165, 1.54) is 5.56 Å². The van der Waals surface area contributed by atoms with Gasteiger partial charge in [0.2, 0.25) is 0 Å². The molecule has 16 heavy (non-hydrogen) atoms. The van der Waals surface area contributed by atoms with Crippen LogP contribution in [0, 0.1) is 12.5 Å². The van der Waals surface area contributed by atoms with Crippen LogP contribution in [0.4, 0.5) is 0 Å². The van der Waals surface area contributed by atoms with Crippen molar-refractivity contribution in [2.24, 2.45) is 0 Å². The van der Waals surface area contributed by atoms with Gasteiger partial charge in [0, 0.05) is 8.41 Å². The van der Waals surface area contributed by atoms with E-state index in [1.807, 2.05) is 52.3 Å². The van der Waals surface area contributed by atoms with Gasteiger partial charge < -0.3 is 6.42 Å². The van der Waals surface area contributed by atoms with Crippen LogP contribution in [0.15, 0.2) is 24.3 Å². The van der Waals surface area contributed by atoms with Gasteiger partial charge >= 0.3 is 21.1 Å². The van der Waals surface area contributed by atoms with Crippen LogP contribution >= 0.6 is 0 Å². The Hall–Kier alpha value is -0.0268. The zero-order valence-electron chi connectivity index (χ0n) is 11.4. The van der Waals surface area contributed by atoms with Gasteiger partial charge in [-0.25, -0.2) is 0 Å². The van der Waals surface area contributed by atoms with Crippen LogP contribution in [0.5, 0.6) is 0 Å². The van der Waals surface area contributed by atoms with Crippen molar-refractivity contribution in [1.82, 2.24) is 0 Å². The molecule has 0 saturated heterocycles. The van der Waals surface area contributed by atoms with E-state index < -0.39 is 0 Å². The zero-order chi connectivity index (χ0) is 11.4. The van der Waals surface area contributed by atoms with E-state index in [2.05, 4.69) is 26.0 Å². The van der Waals surface area contributed by atoms with Crippen LogP contribution in [0.3, 0.4) is 0 Å². The number of rotatable bonds is 1. The molecule has 0 atom stereocenters. The van der Waals surface area contributed by atoms with E-state index in [1.54, 1.807) is 0 Å². The minimum atomic E-state index is 0. The Bertz CT molecular complexity index is 185. The maximum absolute atomic E-state index is 3.04. The van der Waals surface area contributed by atoms with Gasteiger partial charge in [-0.1, -0.05) is 33.6 Å². The molecule has 0 unspecified atom stereocenters. The first-order valence-corrected chi connectivity index (χ1v) is 5.42. The molecule has 0 N–H and O–H groups in total. The SMILES string of the molecule is CC.CC(C)c1c[c-]ccc1.C[CH-]C.[B].[W+2]. The topological polar surface area (TPSA) is 0 Å². The van der Waals surface area contributed by atoms with E-state index in [9.17, 15) is 0 Å². The van der Waals surface area contributed by atoms with Gasteiger partial charge in [0.15, 0.2) is 0 Å². The monoisotopic (exact) mass is 387 g/mol. The molecule has 0 bridgehead atoms. The first kappa shape index (κ1) is 25.0. The van der Waals surface area contributed by atoms with E-state index >= 15 is 0 Å². The van der Waals surface area contributed by atoms with Crippen LogP contribution < -0.4 is 0 Å². The summed E-state index contributed by atoms with van der Waals surface area (Å²) in [4.78, 5) is 0. The molecule has 89 valence electrons. The van der Waals surface area contributed by atoms with Crippen LogP contribution in [-0.2, 0) is 21.1 Å². The van der Waals surface area contributed by atoms with Gasteiger partial charge in [0.05, 0.1) is 0 Å². The molecule has 0 fully saturated rings. The Morgan fingerprint density at radius 3 is 1.81 bits per heavy atom. The summed E-state index contributed by atoms with van der Waals surface area (Å²) >= 11 is 0. The van der Waals surface area contributed by atoms with Crippen LogP contribution in [0.1, 0.15) is 53.0 Å². The fourth-order valence-corrected chi connectivity index (χ4v) is 0.766. The van der Waals surface area contributed by atoms with Gasteiger partial charge in [0.25, 0.3) is 0 Å². The average molecular weight is 387 g/mol. The van der Waals surface area contributed by atoms with Crippen LogP contribution in [-0.4, -0.2) is 8.41 Å². The van der Waals surface area contributed by atoms with Crippen LogP contribution in [0.25, 0.3) is 0 Å². The standard InChI is InChI=1S/C9H11.C3H7.C2H6.B.W/c1-8(2)9-6-4-3-5-7-9;1-3-2;1-2;;/h3-4,6-8H,1-2H3;3H,1-2H3;1-2H3;;/q2*-1;;;+2. The van der Waals surface area contributed by atoms with Gasteiger partial charge in [-0.2, -0.15) is 49.7 Å². The van der Waals surface area contributed by atoms with Crippen molar-refractivity contribution in [3.05, 3.63) is 42.3 Å². The predicted octanol–water partition coefficient (Wildman–Crippen LogP) is 4.48. The molecular weight excluding hydrogens is 363 g/mol. The summed E-state index contributed by atoms with van der Waals surface area (Å²) in [6.07, 6.45) is 2.00. The zero-order valence-corrected chi connectivity index (χ0v) is 14.4. The van der Waals surface area contributed by atoms with Crippen molar-refractivity contribution in [3.8, 4) is 0 Å². The third-order valence-corrected chi connectivity index (χ3v) is 1.40. The molecule has 0 aliphatic carbocycles. The summed E-state index contributed by atoms with van der Waals surface area (Å²) in [5, 5.41) is 0.